The van der Waals surface area contributed by atoms with Crippen molar-refractivity contribution in [3.05, 3.63) is 29.8 Å². The van der Waals surface area contributed by atoms with Gasteiger partial charge in [-0.3, -0.25) is 0 Å². The monoisotopic (exact) mass is 153 g/mol. The minimum absolute atomic E-state index is 0.692. The first kappa shape index (κ1) is 7.63. The number of thiol groups is 1. The molecule has 1 aromatic carbocycles. The Labute approximate surface area is 66.7 Å². The largest absolute Gasteiger partial charge is 0.330 e. The van der Waals surface area contributed by atoms with Crippen molar-refractivity contribution in [2.75, 3.05) is 6.54 Å². The van der Waals surface area contributed by atoms with Crippen molar-refractivity contribution in [3.63, 3.8) is 0 Å². The third kappa shape index (κ3) is 1.75. The first-order valence-corrected chi connectivity index (χ1v) is 3.76. The molecule has 0 aliphatic rings. The Morgan fingerprint density at radius 1 is 1.30 bits per heavy atom. The summed E-state index contributed by atoms with van der Waals surface area (Å²) in [6.45, 7) is 0.692. The Morgan fingerprint density at radius 3 is 2.60 bits per heavy atom. The van der Waals surface area contributed by atoms with Crippen molar-refractivity contribution in [2.24, 2.45) is 5.73 Å². The van der Waals surface area contributed by atoms with Crippen LogP contribution < -0.4 is 5.73 Å². The summed E-state index contributed by atoms with van der Waals surface area (Å²) in [4.78, 5) is 1.04. The van der Waals surface area contributed by atoms with E-state index in [-0.39, 0.29) is 0 Å². The highest BCUT2D eigenvalue weighted by molar-refractivity contribution is 7.80. The van der Waals surface area contributed by atoms with Gasteiger partial charge in [-0.1, -0.05) is 18.2 Å². The quantitative estimate of drug-likeness (QED) is 0.618. The maximum Gasteiger partial charge on any atom is 0.00725 e. The second kappa shape index (κ2) is 3.64. The normalized spacial score (nSPS) is 9.80. The molecule has 54 valence electrons. The van der Waals surface area contributed by atoms with Gasteiger partial charge in [0.05, 0.1) is 0 Å². The third-order valence-electron chi connectivity index (χ3n) is 1.41. The molecule has 0 saturated heterocycles. The molecule has 0 bridgehead atoms. The molecule has 0 aliphatic carbocycles. The molecule has 1 rings (SSSR count). The Hall–Kier alpha value is -0.470. The van der Waals surface area contributed by atoms with E-state index in [0.29, 0.717) is 6.54 Å². The van der Waals surface area contributed by atoms with Crippen LogP contribution in [0.2, 0.25) is 0 Å². The highest BCUT2D eigenvalue weighted by atomic mass is 32.1. The maximum atomic E-state index is 5.40. The van der Waals surface area contributed by atoms with Crippen molar-refractivity contribution >= 4 is 12.6 Å². The molecule has 0 fully saturated rings. The Balaban J connectivity index is 2.81. The smallest absolute Gasteiger partial charge is 0.00725 e. The molecular weight excluding hydrogens is 142 g/mol. The Kier molecular flexibility index (Phi) is 2.78. The number of hydrogen-bond donors (Lipinski definition) is 2. The van der Waals surface area contributed by atoms with Crippen LogP contribution in [0.25, 0.3) is 0 Å². The van der Waals surface area contributed by atoms with E-state index < -0.39 is 0 Å². The van der Waals surface area contributed by atoms with Gasteiger partial charge in [0.25, 0.3) is 0 Å². The van der Waals surface area contributed by atoms with Crippen LogP contribution >= 0.6 is 12.6 Å². The molecule has 0 aromatic heterocycles. The van der Waals surface area contributed by atoms with Crippen LogP contribution in [0.3, 0.4) is 0 Å². The van der Waals surface area contributed by atoms with Gasteiger partial charge in [-0.05, 0) is 24.6 Å². The number of hydrogen-bond acceptors (Lipinski definition) is 2. The molecule has 2 heteroatoms. The molecule has 0 aliphatic heterocycles. The average molecular weight is 153 g/mol. The summed E-state index contributed by atoms with van der Waals surface area (Å²) in [5.74, 6) is 0. The first-order valence-electron chi connectivity index (χ1n) is 3.31. The highest BCUT2D eigenvalue weighted by Crippen LogP contribution is 2.12. The van der Waals surface area contributed by atoms with Crippen molar-refractivity contribution < 1.29 is 0 Å². The molecular formula is C8H11NS. The maximum absolute atomic E-state index is 5.40. The topological polar surface area (TPSA) is 26.0 Å². The van der Waals surface area contributed by atoms with E-state index in [1.165, 1.54) is 5.56 Å². The molecule has 0 amide bonds. The standard InChI is InChI=1S/C8H11NS/c9-6-5-7-3-1-2-4-8(7)10/h1-4,10H,5-6,9H2. The van der Waals surface area contributed by atoms with E-state index >= 15 is 0 Å². The van der Waals surface area contributed by atoms with E-state index in [1.807, 2.05) is 18.2 Å². The molecule has 0 spiro atoms. The number of rotatable bonds is 2. The zero-order valence-electron chi connectivity index (χ0n) is 5.75. The fraction of sp³-hybridized carbons (Fsp3) is 0.250. The fourth-order valence-corrected chi connectivity index (χ4v) is 1.15. The summed E-state index contributed by atoms with van der Waals surface area (Å²) in [7, 11) is 0. The lowest BCUT2D eigenvalue weighted by Crippen LogP contribution is -2.02. The molecule has 0 radical (unpaired) electrons. The first-order chi connectivity index (χ1) is 4.84. The number of nitrogens with two attached hydrogens (primary N) is 1. The molecule has 0 unspecified atom stereocenters. The minimum atomic E-state index is 0.692. The molecule has 10 heavy (non-hydrogen) atoms. The summed E-state index contributed by atoms with van der Waals surface area (Å²) in [6, 6.07) is 8.01. The van der Waals surface area contributed by atoms with Crippen LogP contribution in [0, 0.1) is 0 Å². The van der Waals surface area contributed by atoms with Crippen LogP contribution in [0.4, 0.5) is 0 Å². The van der Waals surface area contributed by atoms with Crippen LogP contribution in [0.5, 0.6) is 0 Å². The Morgan fingerprint density at radius 2 is 2.00 bits per heavy atom. The summed E-state index contributed by atoms with van der Waals surface area (Å²) in [6.07, 6.45) is 0.916. The van der Waals surface area contributed by atoms with Gasteiger partial charge in [-0.15, -0.1) is 12.6 Å². The molecule has 2 N–H and O–H groups in total. The van der Waals surface area contributed by atoms with E-state index in [2.05, 4.69) is 18.7 Å². The minimum Gasteiger partial charge on any atom is -0.330 e. The fourth-order valence-electron chi connectivity index (χ4n) is 0.878. The van der Waals surface area contributed by atoms with Crippen LogP contribution in [0.1, 0.15) is 5.56 Å². The molecule has 1 aromatic rings. The second-order valence-electron chi connectivity index (χ2n) is 2.17. The van der Waals surface area contributed by atoms with Crippen molar-refractivity contribution in [2.45, 2.75) is 11.3 Å². The summed E-state index contributed by atoms with van der Waals surface area (Å²) in [5.41, 5.74) is 6.63. The zero-order valence-corrected chi connectivity index (χ0v) is 6.64. The SMILES string of the molecule is NCCc1ccccc1S. The van der Waals surface area contributed by atoms with Gasteiger partial charge in [0, 0.05) is 4.90 Å². The zero-order chi connectivity index (χ0) is 7.40. The van der Waals surface area contributed by atoms with Crippen LogP contribution in [-0.4, -0.2) is 6.54 Å². The predicted octanol–water partition coefficient (Wildman–Crippen LogP) is 1.48. The van der Waals surface area contributed by atoms with Crippen molar-refractivity contribution in [3.8, 4) is 0 Å². The van der Waals surface area contributed by atoms with Gasteiger partial charge in [0.15, 0.2) is 0 Å². The third-order valence-corrected chi connectivity index (χ3v) is 1.84. The van der Waals surface area contributed by atoms with E-state index in [0.717, 1.165) is 11.3 Å². The Bertz CT molecular complexity index is 210. The van der Waals surface area contributed by atoms with Crippen LogP contribution in [0.15, 0.2) is 29.2 Å². The summed E-state index contributed by atoms with van der Waals surface area (Å²) < 4.78 is 0. The van der Waals surface area contributed by atoms with Crippen LogP contribution in [-0.2, 0) is 6.42 Å². The van der Waals surface area contributed by atoms with Gasteiger partial charge < -0.3 is 5.73 Å². The molecule has 0 atom stereocenters. The highest BCUT2D eigenvalue weighted by Gasteiger charge is 1.93. The van der Waals surface area contributed by atoms with Gasteiger partial charge >= 0.3 is 0 Å². The molecule has 0 heterocycles. The number of benzene rings is 1. The summed E-state index contributed by atoms with van der Waals surface area (Å²) >= 11 is 4.28. The van der Waals surface area contributed by atoms with Gasteiger partial charge in [0.1, 0.15) is 0 Å². The average Bonchev–Trinajstić information content (AvgIpc) is 1.94. The van der Waals surface area contributed by atoms with E-state index in [4.69, 9.17) is 5.73 Å². The molecule has 0 saturated carbocycles. The van der Waals surface area contributed by atoms with Gasteiger partial charge in [-0.25, -0.2) is 0 Å². The lowest BCUT2D eigenvalue weighted by Gasteiger charge is -2.00. The van der Waals surface area contributed by atoms with E-state index in [9.17, 15) is 0 Å². The van der Waals surface area contributed by atoms with Gasteiger partial charge in [-0.2, -0.15) is 0 Å². The van der Waals surface area contributed by atoms with E-state index in [1.54, 1.807) is 0 Å². The lowest BCUT2D eigenvalue weighted by atomic mass is 10.1. The second-order valence-corrected chi connectivity index (χ2v) is 2.65. The summed E-state index contributed by atoms with van der Waals surface area (Å²) in [5, 5.41) is 0. The van der Waals surface area contributed by atoms with Crippen molar-refractivity contribution in [1.82, 2.24) is 0 Å². The lowest BCUT2D eigenvalue weighted by molar-refractivity contribution is 0.946. The molecule has 1 nitrogen and oxygen atoms in total. The predicted molar refractivity (Wildman–Crippen MR) is 46.5 cm³/mol. The van der Waals surface area contributed by atoms with Crippen molar-refractivity contribution in [1.29, 1.82) is 0 Å². The van der Waals surface area contributed by atoms with Gasteiger partial charge in [0.2, 0.25) is 0 Å².